The van der Waals surface area contributed by atoms with Gasteiger partial charge in [-0.05, 0) is 11.6 Å². The molecule has 0 bridgehead atoms. The van der Waals surface area contributed by atoms with E-state index in [9.17, 15) is 4.79 Å². The molecule has 3 heteroatoms. The Hall–Kier alpha value is -1.61. The molecule has 0 saturated heterocycles. The number of aliphatic hydroxyl groups excluding tert-OH is 1. The van der Waals surface area contributed by atoms with E-state index in [2.05, 4.69) is 0 Å². The minimum absolute atomic E-state index is 0.0374. The number of hydrogen-bond acceptors (Lipinski definition) is 3. The predicted octanol–water partition coefficient (Wildman–Crippen LogP) is 1.63. The van der Waals surface area contributed by atoms with Gasteiger partial charge in [0.25, 0.3) is 0 Å². The molecule has 1 N–H and O–H groups in total. The molecule has 15 heavy (non-hydrogen) atoms. The topological polar surface area (TPSA) is 46.5 Å². The van der Waals surface area contributed by atoms with Crippen molar-refractivity contribution in [2.75, 3.05) is 13.2 Å². The predicted molar refractivity (Wildman–Crippen MR) is 58.1 cm³/mol. The summed E-state index contributed by atoms with van der Waals surface area (Å²) in [7, 11) is 0. The van der Waals surface area contributed by atoms with Crippen molar-refractivity contribution in [3.05, 3.63) is 42.0 Å². The van der Waals surface area contributed by atoms with Gasteiger partial charge < -0.3 is 9.84 Å². The van der Waals surface area contributed by atoms with Crippen molar-refractivity contribution in [1.29, 1.82) is 0 Å². The Labute approximate surface area is 89.0 Å². The number of carbonyl (C=O) groups is 1. The van der Waals surface area contributed by atoms with Gasteiger partial charge in [0.2, 0.25) is 0 Å². The molecule has 0 spiro atoms. The van der Waals surface area contributed by atoms with Crippen LogP contribution in [0.25, 0.3) is 6.08 Å². The normalized spacial score (nSPS) is 10.5. The van der Waals surface area contributed by atoms with Crippen LogP contribution < -0.4 is 0 Å². The Balaban J connectivity index is 2.34. The molecule has 0 unspecified atom stereocenters. The zero-order valence-corrected chi connectivity index (χ0v) is 8.43. The summed E-state index contributed by atoms with van der Waals surface area (Å²) < 4.78 is 4.82. The zero-order chi connectivity index (χ0) is 10.9. The highest BCUT2D eigenvalue weighted by atomic mass is 16.5. The largest absolute Gasteiger partial charge is 0.462 e. The quantitative estimate of drug-likeness (QED) is 0.452. The number of carbonyl (C=O) groups excluding carboxylic acids is 1. The molecule has 0 heterocycles. The average molecular weight is 206 g/mol. The second-order valence-electron chi connectivity index (χ2n) is 2.99. The van der Waals surface area contributed by atoms with Crippen LogP contribution in [0.3, 0.4) is 0 Å². The summed E-state index contributed by atoms with van der Waals surface area (Å²) in [6.45, 7) is 0.296. The summed E-state index contributed by atoms with van der Waals surface area (Å²) in [6.07, 6.45) is 3.55. The van der Waals surface area contributed by atoms with Gasteiger partial charge in [-0.15, -0.1) is 0 Å². The van der Waals surface area contributed by atoms with Crippen molar-refractivity contribution in [2.24, 2.45) is 0 Å². The summed E-state index contributed by atoms with van der Waals surface area (Å²) in [4.78, 5) is 11.1. The maximum Gasteiger partial charge on any atom is 0.330 e. The summed E-state index contributed by atoms with van der Waals surface area (Å²) >= 11 is 0. The lowest BCUT2D eigenvalue weighted by atomic mass is 10.2. The van der Waals surface area contributed by atoms with Gasteiger partial charge in [0.15, 0.2) is 0 Å². The first-order chi connectivity index (χ1) is 7.33. The van der Waals surface area contributed by atoms with Crippen LogP contribution in [-0.4, -0.2) is 24.3 Å². The Bertz CT molecular complexity index is 317. The van der Waals surface area contributed by atoms with Crippen LogP contribution in [-0.2, 0) is 9.53 Å². The van der Waals surface area contributed by atoms with Crippen LogP contribution in [0.4, 0.5) is 0 Å². The minimum Gasteiger partial charge on any atom is -0.462 e. The van der Waals surface area contributed by atoms with Crippen molar-refractivity contribution in [3.8, 4) is 0 Å². The fourth-order valence-electron chi connectivity index (χ4n) is 1.01. The van der Waals surface area contributed by atoms with Crippen molar-refractivity contribution >= 4 is 12.0 Å². The van der Waals surface area contributed by atoms with Crippen LogP contribution in [0.1, 0.15) is 12.0 Å². The molecular weight excluding hydrogens is 192 g/mol. The lowest BCUT2D eigenvalue weighted by Gasteiger charge is -1.98. The summed E-state index contributed by atoms with van der Waals surface area (Å²) in [5.74, 6) is -0.382. The lowest BCUT2D eigenvalue weighted by Crippen LogP contribution is -2.03. The molecular formula is C12H14O3. The number of hydrogen-bond donors (Lipinski definition) is 1. The molecule has 3 nitrogen and oxygen atoms in total. The minimum atomic E-state index is -0.382. The summed E-state index contributed by atoms with van der Waals surface area (Å²) in [5.41, 5.74) is 0.955. The fraction of sp³-hybridized carbons (Fsp3) is 0.250. The van der Waals surface area contributed by atoms with E-state index in [0.717, 1.165) is 5.56 Å². The Morgan fingerprint density at radius 3 is 2.73 bits per heavy atom. The summed E-state index contributed by atoms with van der Waals surface area (Å²) in [5, 5.41) is 8.48. The zero-order valence-electron chi connectivity index (χ0n) is 8.43. The molecule has 1 aromatic carbocycles. The van der Waals surface area contributed by atoms with Crippen LogP contribution in [0, 0.1) is 0 Å². The van der Waals surface area contributed by atoms with Gasteiger partial charge in [0, 0.05) is 19.1 Å². The second kappa shape index (κ2) is 6.79. The van der Waals surface area contributed by atoms with Crippen LogP contribution in [0.2, 0.25) is 0 Å². The van der Waals surface area contributed by atoms with E-state index in [1.165, 1.54) is 6.08 Å². The van der Waals surface area contributed by atoms with E-state index in [-0.39, 0.29) is 19.2 Å². The SMILES string of the molecule is O=C(/C=C/c1ccccc1)OCCCO. The van der Waals surface area contributed by atoms with Gasteiger partial charge in [-0.2, -0.15) is 0 Å². The van der Waals surface area contributed by atoms with Crippen LogP contribution in [0.5, 0.6) is 0 Å². The molecule has 80 valence electrons. The van der Waals surface area contributed by atoms with E-state index in [0.29, 0.717) is 6.42 Å². The molecule has 0 saturated carbocycles. The monoisotopic (exact) mass is 206 g/mol. The lowest BCUT2D eigenvalue weighted by molar-refractivity contribution is -0.137. The standard InChI is InChI=1S/C12H14O3/c13-9-4-10-15-12(14)8-7-11-5-2-1-3-6-11/h1-3,5-8,13H,4,9-10H2/b8-7+. The molecule has 0 aliphatic carbocycles. The maximum absolute atomic E-state index is 11.1. The van der Waals surface area contributed by atoms with Crippen molar-refractivity contribution in [3.63, 3.8) is 0 Å². The van der Waals surface area contributed by atoms with Gasteiger partial charge in [0.05, 0.1) is 6.61 Å². The van der Waals surface area contributed by atoms with Crippen molar-refractivity contribution in [1.82, 2.24) is 0 Å². The number of benzene rings is 1. The molecule has 0 amide bonds. The van der Waals surface area contributed by atoms with Gasteiger partial charge >= 0.3 is 5.97 Å². The van der Waals surface area contributed by atoms with Gasteiger partial charge in [-0.3, -0.25) is 0 Å². The highest BCUT2D eigenvalue weighted by molar-refractivity contribution is 5.86. The maximum atomic E-state index is 11.1. The first-order valence-electron chi connectivity index (χ1n) is 4.83. The van der Waals surface area contributed by atoms with Crippen LogP contribution in [0.15, 0.2) is 36.4 Å². The molecule has 0 atom stereocenters. The van der Waals surface area contributed by atoms with Gasteiger partial charge in [-0.1, -0.05) is 30.3 Å². The number of ether oxygens (including phenoxy) is 1. The molecule has 0 aliphatic heterocycles. The third-order valence-electron chi connectivity index (χ3n) is 1.76. The third-order valence-corrected chi connectivity index (χ3v) is 1.76. The Morgan fingerprint density at radius 2 is 2.07 bits per heavy atom. The first-order valence-corrected chi connectivity index (χ1v) is 4.83. The highest BCUT2D eigenvalue weighted by Crippen LogP contribution is 2.01. The van der Waals surface area contributed by atoms with Crippen molar-refractivity contribution in [2.45, 2.75) is 6.42 Å². The Kier molecular flexibility index (Phi) is 5.19. The second-order valence-corrected chi connectivity index (χ2v) is 2.99. The highest BCUT2D eigenvalue weighted by Gasteiger charge is 1.95. The van der Waals surface area contributed by atoms with Crippen LogP contribution >= 0.6 is 0 Å². The van der Waals surface area contributed by atoms with E-state index in [1.54, 1.807) is 6.08 Å². The van der Waals surface area contributed by atoms with Gasteiger partial charge in [0.1, 0.15) is 0 Å². The average Bonchev–Trinajstić information content (AvgIpc) is 2.28. The molecule has 0 aromatic heterocycles. The molecule has 1 rings (SSSR count). The Morgan fingerprint density at radius 1 is 1.33 bits per heavy atom. The van der Waals surface area contributed by atoms with Crippen molar-refractivity contribution < 1.29 is 14.6 Å². The summed E-state index contributed by atoms with van der Waals surface area (Å²) in [6, 6.07) is 9.51. The molecule has 1 aromatic rings. The molecule has 0 radical (unpaired) electrons. The van der Waals surface area contributed by atoms with E-state index >= 15 is 0 Å². The van der Waals surface area contributed by atoms with E-state index in [1.807, 2.05) is 30.3 Å². The van der Waals surface area contributed by atoms with E-state index in [4.69, 9.17) is 9.84 Å². The van der Waals surface area contributed by atoms with Gasteiger partial charge in [-0.25, -0.2) is 4.79 Å². The van der Waals surface area contributed by atoms with E-state index < -0.39 is 0 Å². The molecule has 0 aliphatic rings. The first kappa shape index (κ1) is 11.5. The number of esters is 1. The fourth-order valence-corrected chi connectivity index (χ4v) is 1.01. The third kappa shape index (κ3) is 4.98. The number of aliphatic hydroxyl groups is 1. The number of rotatable bonds is 5. The molecule has 0 fully saturated rings. The smallest absolute Gasteiger partial charge is 0.330 e.